The third kappa shape index (κ3) is 3.12. The molecule has 2 aromatic carbocycles. The lowest BCUT2D eigenvalue weighted by Gasteiger charge is -2.08. The van der Waals surface area contributed by atoms with E-state index in [-0.39, 0.29) is 28.3 Å². The maximum absolute atomic E-state index is 13.8. The van der Waals surface area contributed by atoms with Crippen molar-refractivity contribution in [2.75, 3.05) is 0 Å². The summed E-state index contributed by atoms with van der Waals surface area (Å²) in [5.74, 6) is -2.01. The number of nitrogens with zero attached hydrogens (tertiary/aromatic N) is 2. The molecule has 0 aliphatic rings. The number of nitriles is 1. The minimum Gasteiger partial charge on any atom is -0.454 e. The van der Waals surface area contributed by atoms with Gasteiger partial charge in [0.05, 0.1) is 22.6 Å². The molecule has 2 rings (SSSR count). The van der Waals surface area contributed by atoms with Gasteiger partial charge in [0.25, 0.3) is 5.69 Å². The molecule has 7 heteroatoms. The number of ether oxygens (including phenoxy) is 1. The van der Waals surface area contributed by atoms with Gasteiger partial charge in [-0.2, -0.15) is 5.26 Å². The zero-order chi connectivity index (χ0) is 15.6. The van der Waals surface area contributed by atoms with Crippen LogP contribution < -0.4 is 4.74 Å². The van der Waals surface area contributed by atoms with Gasteiger partial charge in [0.2, 0.25) is 0 Å². The van der Waals surface area contributed by atoms with Gasteiger partial charge in [0.1, 0.15) is 11.6 Å². The zero-order valence-electron chi connectivity index (χ0n) is 10.8. The van der Waals surface area contributed by atoms with Crippen molar-refractivity contribution < 1.29 is 18.4 Å². The van der Waals surface area contributed by atoms with E-state index in [0.29, 0.717) is 0 Å². The van der Waals surface area contributed by atoms with Crippen molar-refractivity contribution in [1.29, 1.82) is 5.26 Å². The lowest BCUT2D eigenvalue weighted by atomic mass is 10.2. The van der Waals surface area contributed by atoms with Crippen LogP contribution >= 0.6 is 0 Å². The Bertz CT molecular complexity index is 770. The molecule has 0 saturated heterocycles. The summed E-state index contributed by atoms with van der Waals surface area (Å²) in [6.07, 6.45) is 0. The molecule has 0 atom stereocenters. The lowest BCUT2D eigenvalue weighted by molar-refractivity contribution is -0.385. The van der Waals surface area contributed by atoms with Crippen LogP contribution in [0.15, 0.2) is 30.3 Å². The highest BCUT2D eigenvalue weighted by molar-refractivity contribution is 5.47. The number of nitro groups is 1. The summed E-state index contributed by atoms with van der Waals surface area (Å²) in [7, 11) is 0. The first-order chi connectivity index (χ1) is 9.90. The summed E-state index contributed by atoms with van der Waals surface area (Å²) in [5, 5.41) is 19.4. The molecule has 0 unspecified atom stereocenters. The van der Waals surface area contributed by atoms with Gasteiger partial charge >= 0.3 is 0 Å². The van der Waals surface area contributed by atoms with Gasteiger partial charge < -0.3 is 4.74 Å². The van der Waals surface area contributed by atoms with Crippen molar-refractivity contribution in [2.24, 2.45) is 0 Å². The quantitative estimate of drug-likeness (QED) is 0.635. The fraction of sp³-hybridized carbons (Fsp3) is 0.0714. The largest absolute Gasteiger partial charge is 0.454 e. The predicted molar refractivity (Wildman–Crippen MR) is 69.0 cm³/mol. The van der Waals surface area contributed by atoms with Crippen LogP contribution in [0.1, 0.15) is 11.1 Å². The number of hydrogen-bond donors (Lipinski definition) is 0. The molecule has 0 bridgehead atoms. The Balaban J connectivity index is 2.41. The molecule has 0 radical (unpaired) electrons. The summed E-state index contributed by atoms with van der Waals surface area (Å²) < 4.78 is 32.2. The number of hydrogen-bond acceptors (Lipinski definition) is 4. The Kier molecular flexibility index (Phi) is 3.80. The second-order valence-corrected chi connectivity index (χ2v) is 4.22. The smallest absolute Gasteiger partial charge is 0.275 e. The monoisotopic (exact) mass is 290 g/mol. The van der Waals surface area contributed by atoms with E-state index >= 15 is 0 Å². The van der Waals surface area contributed by atoms with E-state index in [1.54, 1.807) is 6.07 Å². The zero-order valence-corrected chi connectivity index (χ0v) is 10.8. The van der Waals surface area contributed by atoms with Crippen molar-refractivity contribution in [3.05, 3.63) is 63.2 Å². The third-order valence-electron chi connectivity index (χ3n) is 2.68. The van der Waals surface area contributed by atoms with E-state index < -0.39 is 16.6 Å². The molecule has 0 aromatic heterocycles. The van der Waals surface area contributed by atoms with Crippen LogP contribution in [0.25, 0.3) is 0 Å². The molecule has 0 aliphatic carbocycles. The van der Waals surface area contributed by atoms with Crippen LogP contribution in [0.3, 0.4) is 0 Å². The summed E-state index contributed by atoms with van der Waals surface area (Å²) >= 11 is 0. The number of halogens is 2. The molecule has 2 aromatic rings. The van der Waals surface area contributed by atoms with Gasteiger partial charge in [-0.15, -0.1) is 0 Å². The molecular weight excluding hydrogens is 282 g/mol. The highest BCUT2D eigenvalue weighted by Gasteiger charge is 2.17. The van der Waals surface area contributed by atoms with Gasteiger partial charge in [-0.3, -0.25) is 10.1 Å². The highest BCUT2D eigenvalue weighted by Crippen LogP contribution is 2.31. The summed E-state index contributed by atoms with van der Waals surface area (Å²) in [6, 6.07) is 6.84. The summed E-state index contributed by atoms with van der Waals surface area (Å²) in [6.45, 7) is 1.43. The first-order valence-corrected chi connectivity index (χ1v) is 5.74. The van der Waals surface area contributed by atoms with Gasteiger partial charge in [-0.25, -0.2) is 8.78 Å². The van der Waals surface area contributed by atoms with Gasteiger partial charge in [0, 0.05) is 11.6 Å². The molecule has 0 aliphatic heterocycles. The van der Waals surface area contributed by atoms with Crippen molar-refractivity contribution in [3.8, 4) is 17.6 Å². The van der Waals surface area contributed by atoms with E-state index in [1.165, 1.54) is 13.0 Å². The maximum Gasteiger partial charge on any atom is 0.275 e. The van der Waals surface area contributed by atoms with Crippen LogP contribution in [0.5, 0.6) is 11.5 Å². The SMILES string of the molecule is Cc1cc(Oc2cc(F)cc(C#N)c2)c(F)cc1[N+](=O)[O-]. The second-order valence-electron chi connectivity index (χ2n) is 4.22. The van der Waals surface area contributed by atoms with Crippen molar-refractivity contribution in [2.45, 2.75) is 6.92 Å². The molecule has 106 valence electrons. The van der Waals surface area contributed by atoms with Gasteiger partial charge in [-0.1, -0.05) is 0 Å². The molecular formula is C14H8F2N2O3. The molecule has 21 heavy (non-hydrogen) atoms. The first-order valence-electron chi connectivity index (χ1n) is 5.74. The van der Waals surface area contributed by atoms with Crippen LogP contribution in [-0.2, 0) is 0 Å². The second kappa shape index (κ2) is 5.54. The van der Waals surface area contributed by atoms with E-state index in [2.05, 4.69) is 0 Å². The van der Waals surface area contributed by atoms with E-state index in [1.807, 2.05) is 0 Å². The number of rotatable bonds is 3. The van der Waals surface area contributed by atoms with E-state index in [4.69, 9.17) is 10.00 Å². The lowest BCUT2D eigenvalue weighted by Crippen LogP contribution is -1.96. The number of aryl methyl sites for hydroxylation is 1. The highest BCUT2D eigenvalue weighted by atomic mass is 19.1. The van der Waals surface area contributed by atoms with Crippen LogP contribution in [0.2, 0.25) is 0 Å². The van der Waals surface area contributed by atoms with Crippen molar-refractivity contribution >= 4 is 5.69 Å². The molecule has 0 N–H and O–H groups in total. The first kappa shape index (κ1) is 14.4. The van der Waals surface area contributed by atoms with Crippen LogP contribution in [-0.4, -0.2) is 4.92 Å². The fourth-order valence-corrected chi connectivity index (χ4v) is 1.73. The molecule has 5 nitrogen and oxygen atoms in total. The molecule has 0 amide bonds. The average Bonchev–Trinajstić information content (AvgIpc) is 2.41. The molecule has 0 spiro atoms. The van der Waals surface area contributed by atoms with Crippen molar-refractivity contribution in [3.63, 3.8) is 0 Å². The fourth-order valence-electron chi connectivity index (χ4n) is 1.73. The Morgan fingerprint density at radius 2 is 1.95 bits per heavy atom. The van der Waals surface area contributed by atoms with Crippen molar-refractivity contribution in [1.82, 2.24) is 0 Å². The topological polar surface area (TPSA) is 76.2 Å². The summed E-state index contributed by atoms with van der Waals surface area (Å²) in [5.41, 5.74) is -0.158. The maximum atomic E-state index is 13.8. The predicted octanol–water partition coefficient (Wildman–Crippen LogP) is 3.85. The Labute approximate surface area is 118 Å². The number of nitro benzene ring substituents is 1. The van der Waals surface area contributed by atoms with Gasteiger partial charge in [0.15, 0.2) is 11.6 Å². The van der Waals surface area contributed by atoms with Crippen LogP contribution in [0.4, 0.5) is 14.5 Å². The molecule has 0 heterocycles. The number of benzene rings is 2. The summed E-state index contributed by atoms with van der Waals surface area (Å²) in [4.78, 5) is 9.97. The van der Waals surface area contributed by atoms with E-state index in [0.717, 1.165) is 24.3 Å². The third-order valence-corrected chi connectivity index (χ3v) is 2.68. The molecule has 0 saturated carbocycles. The Hall–Kier alpha value is -3.01. The normalized spacial score (nSPS) is 10.0. The minimum absolute atomic E-state index is 0.0176. The molecule has 0 fully saturated rings. The van der Waals surface area contributed by atoms with E-state index in [9.17, 15) is 18.9 Å². The van der Waals surface area contributed by atoms with Crippen LogP contribution in [0, 0.1) is 40.0 Å². The average molecular weight is 290 g/mol. The van der Waals surface area contributed by atoms with Gasteiger partial charge in [-0.05, 0) is 25.1 Å². The standard InChI is InChI=1S/C14H8F2N2O3/c1-8-2-14(12(16)6-13(8)18(19)20)21-11-4-9(7-17)3-10(15)5-11/h2-6H,1H3. The minimum atomic E-state index is -0.949. The Morgan fingerprint density at radius 3 is 2.57 bits per heavy atom. The Morgan fingerprint density at radius 1 is 1.24 bits per heavy atom.